The molecule has 0 saturated heterocycles. The lowest BCUT2D eigenvalue weighted by Crippen LogP contribution is -2.10. The molecule has 0 amide bonds. The SMILES string of the molecule is O=S(=O)(Cc1nc(C2CC2)no1)c1ccc(Cl)c(C(F)(F)F)c1. The van der Waals surface area contributed by atoms with Crippen LogP contribution in [0.1, 0.15) is 36.0 Å². The Kier molecular flexibility index (Phi) is 3.88. The number of benzene rings is 1. The molecular formula is C13H10ClF3N2O3S. The molecule has 0 unspecified atom stereocenters. The van der Waals surface area contributed by atoms with Crippen molar-refractivity contribution in [3.63, 3.8) is 0 Å². The fraction of sp³-hybridized carbons (Fsp3) is 0.385. The van der Waals surface area contributed by atoms with E-state index in [1.165, 1.54) is 0 Å². The summed E-state index contributed by atoms with van der Waals surface area (Å²) in [5, 5.41) is 3.11. The van der Waals surface area contributed by atoms with Gasteiger partial charge in [-0.3, -0.25) is 0 Å². The van der Waals surface area contributed by atoms with Crippen molar-refractivity contribution >= 4 is 21.4 Å². The summed E-state index contributed by atoms with van der Waals surface area (Å²) in [5.41, 5.74) is -1.20. The molecule has 10 heteroatoms. The number of hydrogen-bond acceptors (Lipinski definition) is 5. The maximum Gasteiger partial charge on any atom is 0.417 e. The maximum atomic E-state index is 12.8. The van der Waals surface area contributed by atoms with Gasteiger partial charge in [-0.25, -0.2) is 8.42 Å². The van der Waals surface area contributed by atoms with E-state index < -0.39 is 37.2 Å². The zero-order valence-corrected chi connectivity index (χ0v) is 13.0. The highest BCUT2D eigenvalue weighted by atomic mass is 35.5. The highest BCUT2D eigenvalue weighted by molar-refractivity contribution is 7.90. The van der Waals surface area contributed by atoms with E-state index in [2.05, 4.69) is 10.1 Å². The third-order valence-electron chi connectivity index (χ3n) is 3.34. The van der Waals surface area contributed by atoms with Gasteiger partial charge in [-0.15, -0.1) is 0 Å². The zero-order chi connectivity index (χ0) is 16.8. The van der Waals surface area contributed by atoms with Gasteiger partial charge in [-0.2, -0.15) is 18.2 Å². The normalized spacial score (nSPS) is 15.8. The van der Waals surface area contributed by atoms with Crippen LogP contribution in [0.25, 0.3) is 0 Å². The summed E-state index contributed by atoms with van der Waals surface area (Å²) in [4.78, 5) is 3.47. The first-order chi connectivity index (χ1) is 10.7. The van der Waals surface area contributed by atoms with E-state index in [0.29, 0.717) is 11.9 Å². The minimum atomic E-state index is -4.74. The molecule has 5 nitrogen and oxygen atoms in total. The number of sulfone groups is 1. The van der Waals surface area contributed by atoms with Crippen molar-refractivity contribution in [2.45, 2.75) is 35.6 Å². The molecule has 0 aliphatic heterocycles. The van der Waals surface area contributed by atoms with Crippen molar-refractivity contribution in [3.05, 3.63) is 40.5 Å². The fourth-order valence-electron chi connectivity index (χ4n) is 1.99. The fourth-order valence-corrected chi connectivity index (χ4v) is 3.40. The second-order valence-electron chi connectivity index (χ2n) is 5.22. The molecule has 0 atom stereocenters. The standard InChI is InChI=1S/C13H10ClF3N2O3S/c14-10-4-3-8(5-9(10)13(15,16)17)23(20,21)6-11-18-12(19-22-11)7-1-2-7/h3-5,7H,1-2,6H2. The van der Waals surface area contributed by atoms with Crippen LogP contribution in [0.2, 0.25) is 5.02 Å². The number of nitrogens with zero attached hydrogens (tertiary/aromatic N) is 2. The van der Waals surface area contributed by atoms with Gasteiger partial charge in [0.25, 0.3) is 0 Å². The quantitative estimate of drug-likeness (QED) is 0.826. The minimum Gasteiger partial charge on any atom is -0.338 e. The van der Waals surface area contributed by atoms with Crippen LogP contribution in [0.4, 0.5) is 13.2 Å². The summed E-state index contributed by atoms with van der Waals surface area (Å²) in [5.74, 6) is -0.189. The molecule has 124 valence electrons. The van der Waals surface area contributed by atoms with Crippen LogP contribution in [-0.4, -0.2) is 18.6 Å². The Labute approximate surface area is 134 Å². The number of halogens is 4. The second kappa shape index (κ2) is 5.48. The molecule has 1 saturated carbocycles. The maximum absolute atomic E-state index is 12.8. The largest absolute Gasteiger partial charge is 0.417 e. The third-order valence-corrected chi connectivity index (χ3v) is 5.27. The number of aromatic nitrogens is 2. The van der Waals surface area contributed by atoms with Crippen LogP contribution in [0, 0.1) is 0 Å². The first-order valence-corrected chi connectivity index (χ1v) is 8.62. The van der Waals surface area contributed by atoms with E-state index in [0.717, 1.165) is 25.0 Å². The van der Waals surface area contributed by atoms with Crippen LogP contribution < -0.4 is 0 Å². The molecule has 0 N–H and O–H groups in total. The lowest BCUT2D eigenvalue weighted by molar-refractivity contribution is -0.137. The monoisotopic (exact) mass is 366 g/mol. The highest BCUT2D eigenvalue weighted by Gasteiger charge is 2.35. The lowest BCUT2D eigenvalue weighted by atomic mass is 10.2. The van der Waals surface area contributed by atoms with Gasteiger partial charge in [0.1, 0.15) is 5.75 Å². The topological polar surface area (TPSA) is 73.1 Å². The zero-order valence-electron chi connectivity index (χ0n) is 11.5. The molecule has 1 aliphatic carbocycles. The van der Waals surface area contributed by atoms with E-state index in [-0.39, 0.29) is 11.8 Å². The summed E-state index contributed by atoms with van der Waals surface area (Å²) in [7, 11) is -4.06. The molecule has 0 radical (unpaired) electrons. The van der Waals surface area contributed by atoms with E-state index in [9.17, 15) is 21.6 Å². The van der Waals surface area contributed by atoms with E-state index >= 15 is 0 Å². The molecule has 23 heavy (non-hydrogen) atoms. The Morgan fingerprint density at radius 2 is 2.00 bits per heavy atom. The Bertz CT molecular complexity index is 844. The molecule has 2 aromatic rings. The van der Waals surface area contributed by atoms with Gasteiger partial charge in [-0.1, -0.05) is 16.8 Å². The summed E-state index contributed by atoms with van der Waals surface area (Å²) in [6.45, 7) is 0. The molecule has 1 heterocycles. The van der Waals surface area contributed by atoms with Gasteiger partial charge in [0.05, 0.1) is 15.5 Å². The van der Waals surface area contributed by atoms with Crippen molar-refractivity contribution in [3.8, 4) is 0 Å². The second-order valence-corrected chi connectivity index (χ2v) is 7.62. The number of hydrogen-bond donors (Lipinski definition) is 0. The predicted octanol–water partition coefficient (Wildman–Crippen LogP) is 3.59. The Hall–Kier alpha value is -1.61. The van der Waals surface area contributed by atoms with Crippen molar-refractivity contribution in [1.82, 2.24) is 10.1 Å². The van der Waals surface area contributed by atoms with Crippen LogP contribution in [0.3, 0.4) is 0 Å². The van der Waals surface area contributed by atoms with Gasteiger partial charge < -0.3 is 4.52 Å². The van der Waals surface area contributed by atoms with Crippen molar-refractivity contribution in [1.29, 1.82) is 0 Å². The summed E-state index contributed by atoms with van der Waals surface area (Å²) < 4.78 is 67.8. The Morgan fingerprint density at radius 1 is 1.30 bits per heavy atom. The molecular weight excluding hydrogens is 357 g/mol. The van der Waals surface area contributed by atoms with Crippen LogP contribution in [0.15, 0.2) is 27.6 Å². The first kappa shape index (κ1) is 16.3. The smallest absolute Gasteiger partial charge is 0.338 e. The van der Waals surface area contributed by atoms with E-state index in [4.69, 9.17) is 16.1 Å². The molecule has 0 bridgehead atoms. The van der Waals surface area contributed by atoms with Gasteiger partial charge in [0.15, 0.2) is 15.7 Å². The minimum absolute atomic E-state index is 0.143. The first-order valence-electron chi connectivity index (χ1n) is 6.59. The molecule has 1 aliphatic rings. The predicted molar refractivity (Wildman–Crippen MR) is 73.6 cm³/mol. The number of rotatable bonds is 4. The van der Waals surface area contributed by atoms with Crippen LogP contribution in [0.5, 0.6) is 0 Å². The molecule has 1 aromatic carbocycles. The third kappa shape index (κ3) is 3.50. The molecule has 0 spiro atoms. The summed E-state index contributed by atoms with van der Waals surface area (Å²) in [6, 6.07) is 2.43. The molecule has 1 aromatic heterocycles. The summed E-state index contributed by atoms with van der Waals surface area (Å²) in [6.07, 6.45) is -2.91. The summed E-state index contributed by atoms with van der Waals surface area (Å²) >= 11 is 5.48. The van der Waals surface area contributed by atoms with Crippen LogP contribution >= 0.6 is 11.6 Å². The van der Waals surface area contributed by atoms with Gasteiger partial charge in [0, 0.05) is 5.92 Å². The average Bonchev–Trinajstić information content (AvgIpc) is 3.18. The average molecular weight is 367 g/mol. The van der Waals surface area contributed by atoms with Crippen LogP contribution in [-0.2, 0) is 21.8 Å². The Morgan fingerprint density at radius 3 is 2.61 bits per heavy atom. The van der Waals surface area contributed by atoms with E-state index in [1.54, 1.807) is 0 Å². The lowest BCUT2D eigenvalue weighted by Gasteiger charge is -2.10. The van der Waals surface area contributed by atoms with Gasteiger partial charge >= 0.3 is 6.18 Å². The van der Waals surface area contributed by atoms with Crippen molar-refractivity contribution in [2.75, 3.05) is 0 Å². The Balaban J connectivity index is 1.89. The van der Waals surface area contributed by atoms with Crippen molar-refractivity contribution in [2.24, 2.45) is 0 Å². The van der Waals surface area contributed by atoms with E-state index in [1.807, 2.05) is 0 Å². The highest BCUT2D eigenvalue weighted by Crippen LogP contribution is 2.38. The number of alkyl halides is 3. The molecule has 3 rings (SSSR count). The van der Waals surface area contributed by atoms with Gasteiger partial charge in [0.2, 0.25) is 5.89 Å². The molecule has 1 fully saturated rings. The van der Waals surface area contributed by atoms with Gasteiger partial charge in [-0.05, 0) is 31.0 Å². The van der Waals surface area contributed by atoms with Crippen molar-refractivity contribution < 1.29 is 26.1 Å².